The molecule has 0 radical (unpaired) electrons. The molecule has 0 saturated heterocycles. The molecule has 1 atom stereocenters. The summed E-state index contributed by atoms with van der Waals surface area (Å²) in [4.78, 5) is 19.7. The van der Waals surface area contributed by atoms with Crippen molar-refractivity contribution in [1.29, 1.82) is 0 Å². The van der Waals surface area contributed by atoms with Crippen LogP contribution in [0, 0.1) is 6.92 Å². The molecule has 0 bridgehead atoms. The summed E-state index contributed by atoms with van der Waals surface area (Å²) in [6, 6.07) is 0. The lowest BCUT2D eigenvalue weighted by Crippen LogP contribution is -2.34. The van der Waals surface area contributed by atoms with Gasteiger partial charge in [0.25, 0.3) is 0 Å². The highest BCUT2D eigenvalue weighted by molar-refractivity contribution is 5.79. The normalized spacial score (nSPS) is 12.0. The number of carbonyl (C=O) groups is 1. The van der Waals surface area contributed by atoms with E-state index in [1.807, 2.05) is 13.8 Å². The van der Waals surface area contributed by atoms with E-state index in [1.54, 1.807) is 0 Å². The lowest BCUT2D eigenvalue weighted by Gasteiger charge is -2.15. The van der Waals surface area contributed by atoms with Gasteiger partial charge in [0, 0.05) is 18.5 Å². The molecule has 1 rings (SSSR count). The van der Waals surface area contributed by atoms with Crippen molar-refractivity contribution < 1.29 is 9.90 Å². The van der Waals surface area contributed by atoms with Gasteiger partial charge in [-0.1, -0.05) is 6.92 Å². The summed E-state index contributed by atoms with van der Waals surface area (Å²) in [6.45, 7) is 6.72. The topological polar surface area (TPSA) is 113 Å². The second-order valence-electron chi connectivity index (χ2n) is 4.54. The molecule has 0 saturated carbocycles. The molecule has 0 aliphatic heterocycles. The molecular formula is C13H23N5O2. The first-order valence-corrected chi connectivity index (χ1v) is 6.82. The Kier molecular flexibility index (Phi) is 6.17. The Morgan fingerprint density at radius 1 is 1.30 bits per heavy atom. The summed E-state index contributed by atoms with van der Waals surface area (Å²) in [5.74, 6) is 1.34. The average Bonchev–Trinajstić information content (AvgIpc) is 2.40. The van der Waals surface area contributed by atoms with Crippen molar-refractivity contribution in [2.24, 2.45) is 5.73 Å². The molecule has 0 aliphatic rings. The first-order chi connectivity index (χ1) is 9.49. The van der Waals surface area contributed by atoms with Gasteiger partial charge in [0.1, 0.15) is 23.6 Å². The van der Waals surface area contributed by atoms with Crippen LogP contribution in [-0.4, -0.2) is 40.2 Å². The third kappa shape index (κ3) is 4.34. The first kappa shape index (κ1) is 16.2. The van der Waals surface area contributed by atoms with Crippen LogP contribution in [0.5, 0.6) is 0 Å². The summed E-state index contributed by atoms with van der Waals surface area (Å²) in [5.41, 5.74) is 5.87. The van der Waals surface area contributed by atoms with Gasteiger partial charge in [0.15, 0.2) is 0 Å². The van der Waals surface area contributed by atoms with Gasteiger partial charge in [-0.15, -0.1) is 0 Å². The maximum absolute atomic E-state index is 10.8. The number of aromatic nitrogens is 2. The van der Waals surface area contributed by atoms with E-state index >= 15 is 0 Å². The monoisotopic (exact) mass is 281 g/mol. The van der Waals surface area contributed by atoms with E-state index < -0.39 is 12.0 Å². The zero-order valence-electron chi connectivity index (χ0n) is 12.2. The van der Waals surface area contributed by atoms with Crippen LogP contribution in [0.25, 0.3) is 0 Å². The number of hydrogen-bond acceptors (Lipinski definition) is 6. The maximum atomic E-state index is 10.8. The molecule has 0 fully saturated rings. The summed E-state index contributed by atoms with van der Waals surface area (Å²) in [6.07, 6.45) is 0.477. The van der Waals surface area contributed by atoms with Gasteiger partial charge < -0.3 is 21.5 Å². The fourth-order valence-electron chi connectivity index (χ4n) is 1.70. The number of hydrogen-bond donors (Lipinski definition) is 4. The van der Waals surface area contributed by atoms with Crippen LogP contribution in [0.15, 0.2) is 0 Å². The quantitative estimate of drug-likeness (QED) is 0.549. The van der Waals surface area contributed by atoms with Crippen LogP contribution >= 0.6 is 0 Å². The Labute approximate surface area is 119 Å². The molecule has 0 aromatic carbocycles. The number of primary amides is 1. The highest BCUT2D eigenvalue weighted by Gasteiger charge is 2.14. The van der Waals surface area contributed by atoms with Crippen molar-refractivity contribution in [2.75, 3.05) is 23.7 Å². The van der Waals surface area contributed by atoms with E-state index in [1.165, 1.54) is 0 Å². The van der Waals surface area contributed by atoms with Crippen molar-refractivity contribution in [1.82, 2.24) is 9.97 Å². The number of aliphatic hydroxyl groups excluding tert-OH is 1. The van der Waals surface area contributed by atoms with Crippen LogP contribution in [0.1, 0.15) is 31.7 Å². The Bertz CT molecular complexity index is 464. The van der Waals surface area contributed by atoms with E-state index in [0.717, 1.165) is 36.6 Å². The molecule has 1 amide bonds. The van der Waals surface area contributed by atoms with Crippen LogP contribution in [-0.2, 0) is 11.2 Å². The number of nitrogens with one attached hydrogen (secondary N) is 2. The number of anilines is 2. The zero-order valence-corrected chi connectivity index (χ0v) is 12.2. The smallest absolute Gasteiger partial charge is 0.248 e. The second kappa shape index (κ2) is 7.64. The van der Waals surface area contributed by atoms with E-state index in [2.05, 4.69) is 27.5 Å². The van der Waals surface area contributed by atoms with Gasteiger partial charge in [-0.05, 0) is 20.3 Å². The Hall–Kier alpha value is -1.89. The lowest BCUT2D eigenvalue weighted by atomic mass is 10.2. The molecule has 5 N–H and O–H groups in total. The van der Waals surface area contributed by atoms with Crippen LogP contribution in [0.2, 0.25) is 0 Å². The number of amides is 1. The fraction of sp³-hybridized carbons (Fsp3) is 0.615. The summed E-state index contributed by atoms with van der Waals surface area (Å²) in [7, 11) is 0. The molecular weight excluding hydrogens is 258 g/mol. The molecule has 112 valence electrons. The number of nitrogens with two attached hydrogens (primary N) is 1. The highest BCUT2D eigenvalue weighted by atomic mass is 16.3. The number of rotatable bonds is 8. The zero-order chi connectivity index (χ0) is 15.1. The largest absolute Gasteiger partial charge is 0.381 e. The Morgan fingerprint density at radius 3 is 2.40 bits per heavy atom. The Morgan fingerprint density at radius 2 is 1.90 bits per heavy atom. The third-order valence-electron chi connectivity index (χ3n) is 2.80. The molecule has 0 spiro atoms. The number of aliphatic hydroxyl groups is 1. The molecule has 1 aromatic rings. The Balaban J connectivity index is 2.94. The number of carbonyl (C=O) groups excluding carboxylic acids is 1. The minimum atomic E-state index is -1.23. The lowest BCUT2D eigenvalue weighted by molar-refractivity contribution is -0.125. The molecule has 20 heavy (non-hydrogen) atoms. The minimum absolute atomic E-state index is 0.0321. The molecule has 1 aromatic heterocycles. The van der Waals surface area contributed by atoms with Crippen LogP contribution in [0.3, 0.4) is 0 Å². The van der Waals surface area contributed by atoms with Crippen LogP contribution < -0.4 is 16.4 Å². The van der Waals surface area contributed by atoms with E-state index in [4.69, 9.17) is 5.73 Å². The van der Waals surface area contributed by atoms with Crippen LogP contribution in [0.4, 0.5) is 11.6 Å². The van der Waals surface area contributed by atoms with Gasteiger partial charge in [-0.3, -0.25) is 4.79 Å². The minimum Gasteiger partial charge on any atom is -0.381 e. The highest BCUT2D eigenvalue weighted by Crippen LogP contribution is 2.20. The number of aryl methyl sites for hydroxylation is 1. The van der Waals surface area contributed by atoms with Gasteiger partial charge in [0.2, 0.25) is 5.91 Å². The van der Waals surface area contributed by atoms with Gasteiger partial charge >= 0.3 is 0 Å². The average molecular weight is 281 g/mol. The van der Waals surface area contributed by atoms with Crippen molar-refractivity contribution in [2.45, 2.75) is 39.7 Å². The third-order valence-corrected chi connectivity index (χ3v) is 2.80. The van der Waals surface area contributed by atoms with Crippen molar-refractivity contribution in [3.63, 3.8) is 0 Å². The van der Waals surface area contributed by atoms with E-state index in [0.29, 0.717) is 5.82 Å². The molecule has 1 heterocycles. The van der Waals surface area contributed by atoms with Crippen molar-refractivity contribution in [3.8, 4) is 0 Å². The predicted molar refractivity (Wildman–Crippen MR) is 78.6 cm³/mol. The van der Waals surface area contributed by atoms with Crippen molar-refractivity contribution in [3.05, 3.63) is 11.4 Å². The number of nitrogens with zero attached hydrogens (tertiary/aromatic N) is 2. The molecule has 1 unspecified atom stereocenters. The van der Waals surface area contributed by atoms with E-state index in [-0.39, 0.29) is 6.54 Å². The van der Waals surface area contributed by atoms with E-state index in [9.17, 15) is 9.90 Å². The molecule has 7 nitrogen and oxygen atoms in total. The predicted octanol–water partition coefficient (Wildman–Crippen LogP) is 0.427. The summed E-state index contributed by atoms with van der Waals surface area (Å²) < 4.78 is 0. The fourth-order valence-corrected chi connectivity index (χ4v) is 1.70. The molecule has 7 heteroatoms. The maximum Gasteiger partial charge on any atom is 0.248 e. The van der Waals surface area contributed by atoms with Gasteiger partial charge in [0.05, 0.1) is 6.54 Å². The summed E-state index contributed by atoms with van der Waals surface area (Å²) in [5, 5.41) is 15.6. The van der Waals surface area contributed by atoms with Crippen molar-refractivity contribution >= 4 is 17.5 Å². The standard InChI is InChI=1S/C13H23N5O2/c1-4-6-10-17-12(15-5-2)8(3)13(18-10)16-7-9(19)11(14)20/h9,19H,4-7H2,1-3H3,(H2,14,20)(H2,15,16,17,18). The van der Waals surface area contributed by atoms with Gasteiger partial charge in [-0.2, -0.15) is 0 Å². The SMILES string of the molecule is CCCc1nc(NCC)c(C)c(NCC(O)C(N)=O)n1. The first-order valence-electron chi connectivity index (χ1n) is 6.82. The second-order valence-corrected chi connectivity index (χ2v) is 4.54. The summed E-state index contributed by atoms with van der Waals surface area (Å²) >= 11 is 0. The van der Waals surface area contributed by atoms with Gasteiger partial charge in [-0.25, -0.2) is 9.97 Å². The molecule has 0 aliphatic carbocycles.